The summed E-state index contributed by atoms with van der Waals surface area (Å²) in [5.41, 5.74) is 11.2. The molecule has 5 heterocycles. The number of pyridine rings is 1. The lowest BCUT2D eigenvalue weighted by Gasteiger charge is -2.19. The average molecular weight is 389 g/mol. The molecule has 0 bridgehead atoms. The van der Waals surface area contributed by atoms with Crippen LogP contribution in [0.3, 0.4) is 0 Å². The van der Waals surface area contributed by atoms with E-state index in [4.69, 9.17) is 5.73 Å². The van der Waals surface area contributed by atoms with Crippen LogP contribution in [0.25, 0.3) is 22.6 Å². The van der Waals surface area contributed by atoms with E-state index < -0.39 is 0 Å². The Kier molecular flexibility index (Phi) is 4.09. The highest BCUT2D eigenvalue weighted by Gasteiger charge is 2.22. The van der Waals surface area contributed by atoms with E-state index in [1.807, 2.05) is 44.4 Å². The molecule has 0 aliphatic carbocycles. The molecule has 4 aromatic rings. The van der Waals surface area contributed by atoms with Crippen LogP contribution >= 0.6 is 0 Å². The van der Waals surface area contributed by atoms with Crippen LogP contribution < -0.4 is 16.2 Å². The number of rotatable bonds is 3. The molecule has 8 heteroatoms. The van der Waals surface area contributed by atoms with Gasteiger partial charge in [0.15, 0.2) is 0 Å². The number of hydrogen-bond donors (Lipinski definition) is 1. The van der Waals surface area contributed by atoms with Gasteiger partial charge in [0.1, 0.15) is 11.3 Å². The molecule has 5 rings (SSSR count). The first-order valence-corrected chi connectivity index (χ1v) is 9.84. The predicted molar refractivity (Wildman–Crippen MR) is 112 cm³/mol. The number of nitrogens with two attached hydrogens (primary N) is 1. The third kappa shape index (κ3) is 3.05. The largest absolute Gasteiger partial charge is 0.370 e. The fraction of sp³-hybridized carbons (Fsp3) is 0.333. The van der Waals surface area contributed by atoms with Gasteiger partial charge in [0.2, 0.25) is 0 Å². The zero-order chi connectivity index (χ0) is 20.1. The van der Waals surface area contributed by atoms with E-state index >= 15 is 0 Å². The molecule has 1 fully saturated rings. The highest BCUT2D eigenvalue weighted by atomic mass is 16.1. The van der Waals surface area contributed by atoms with Crippen molar-refractivity contribution in [3.8, 4) is 11.4 Å². The number of aromatic nitrogens is 5. The summed E-state index contributed by atoms with van der Waals surface area (Å²) < 4.78 is 3.39. The lowest BCUT2D eigenvalue weighted by atomic mass is 10.1. The summed E-state index contributed by atoms with van der Waals surface area (Å²) in [6.07, 6.45) is 4.83. The molecule has 1 aliphatic rings. The minimum Gasteiger partial charge on any atom is -0.370 e. The lowest BCUT2D eigenvalue weighted by molar-refractivity contribution is 0.602. The molecule has 0 saturated carbocycles. The first kappa shape index (κ1) is 17.8. The van der Waals surface area contributed by atoms with E-state index in [-0.39, 0.29) is 5.56 Å². The van der Waals surface area contributed by atoms with Gasteiger partial charge in [-0.25, -0.2) is 9.50 Å². The zero-order valence-electron chi connectivity index (χ0n) is 16.5. The molecule has 8 nitrogen and oxygen atoms in total. The molecule has 29 heavy (non-hydrogen) atoms. The Bertz CT molecular complexity index is 1290. The van der Waals surface area contributed by atoms with Crippen molar-refractivity contribution in [2.24, 2.45) is 11.7 Å². The van der Waals surface area contributed by atoms with Gasteiger partial charge in [-0.05, 0) is 50.9 Å². The standard InChI is InChI=1S/C21H23N7O/c1-13-10-28-19(14(2)23-13)7-18(25-28)17-8-21(29)27-12-16(3-4-20(27)24-17)26-6-5-15(9-22)11-26/h3-4,7-8,10,12,15H,5-6,9,11,22H2,1-2H3. The smallest absolute Gasteiger partial charge is 0.258 e. The van der Waals surface area contributed by atoms with Gasteiger partial charge in [-0.1, -0.05) is 0 Å². The second-order valence-electron chi connectivity index (χ2n) is 7.76. The van der Waals surface area contributed by atoms with Crippen molar-refractivity contribution in [3.63, 3.8) is 0 Å². The molecule has 1 atom stereocenters. The normalized spacial score (nSPS) is 16.9. The maximum atomic E-state index is 12.8. The van der Waals surface area contributed by atoms with Gasteiger partial charge in [-0.15, -0.1) is 0 Å². The van der Waals surface area contributed by atoms with Crippen LogP contribution in [0.5, 0.6) is 0 Å². The molecular formula is C21H23N7O. The highest BCUT2D eigenvalue weighted by Crippen LogP contribution is 2.24. The summed E-state index contributed by atoms with van der Waals surface area (Å²) >= 11 is 0. The Hall–Kier alpha value is -3.26. The topological polar surface area (TPSA) is 93.8 Å². The molecular weight excluding hydrogens is 366 g/mol. The first-order chi connectivity index (χ1) is 14.0. The summed E-state index contributed by atoms with van der Waals surface area (Å²) in [6, 6.07) is 7.38. The van der Waals surface area contributed by atoms with Crippen molar-refractivity contribution in [2.45, 2.75) is 20.3 Å². The summed E-state index contributed by atoms with van der Waals surface area (Å²) in [5.74, 6) is 0.513. The van der Waals surface area contributed by atoms with Gasteiger partial charge in [0.05, 0.1) is 34.5 Å². The summed E-state index contributed by atoms with van der Waals surface area (Å²) in [6.45, 7) is 6.47. The van der Waals surface area contributed by atoms with Crippen LogP contribution in [-0.4, -0.2) is 43.6 Å². The molecule has 4 aromatic heterocycles. The van der Waals surface area contributed by atoms with Crippen LogP contribution in [0.1, 0.15) is 17.8 Å². The average Bonchev–Trinajstić information content (AvgIpc) is 3.35. The van der Waals surface area contributed by atoms with Crippen LogP contribution in [-0.2, 0) is 0 Å². The first-order valence-electron chi connectivity index (χ1n) is 9.84. The number of fused-ring (bicyclic) bond motifs is 2. The molecule has 1 saturated heterocycles. The van der Waals surface area contributed by atoms with Gasteiger partial charge < -0.3 is 10.6 Å². The van der Waals surface area contributed by atoms with Gasteiger partial charge in [0, 0.05) is 25.4 Å². The molecule has 0 aromatic carbocycles. The molecule has 1 unspecified atom stereocenters. The van der Waals surface area contributed by atoms with E-state index in [0.29, 0.717) is 29.5 Å². The maximum Gasteiger partial charge on any atom is 0.258 e. The van der Waals surface area contributed by atoms with Crippen LogP contribution in [0.4, 0.5) is 5.69 Å². The van der Waals surface area contributed by atoms with E-state index in [1.165, 1.54) is 0 Å². The molecule has 0 amide bonds. The quantitative estimate of drug-likeness (QED) is 0.574. The molecule has 1 aliphatic heterocycles. The maximum absolute atomic E-state index is 12.8. The van der Waals surface area contributed by atoms with Gasteiger partial charge in [-0.3, -0.25) is 14.2 Å². The second kappa shape index (κ2) is 6.66. The second-order valence-corrected chi connectivity index (χ2v) is 7.76. The number of hydrogen-bond acceptors (Lipinski definition) is 6. The molecule has 148 valence electrons. The van der Waals surface area contributed by atoms with Crippen LogP contribution in [0.2, 0.25) is 0 Å². The summed E-state index contributed by atoms with van der Waals surface area (Å²) in [7, 11) is 0. The Labute approximate surface area is 167 Å². The SMILES string of the molecule is Cc1cn2nc(-c3cc(=O)n4cc(N5CCC(CN)C5)ccc4n3)cc2c(C)n1. The van der Waals surface area contributed by atoms with E-state index in [0.717, 1.165) is 42.1 Å². The third-order valence-corrected chi connectivity index (χ3v) is 5.65. The van der Waals surface area contributed by atoms with Crippen molar-refractivity contribution >= 4 is 16.9 Å². The van der Waals surface area contributed by atoms with E-state index in [9.17, 15) is 4.79 Å². The molecule has 0 radical (unpaired) electrons. The Morgan fingerprint density at radius 1 is 1.14 bits per heavy atom. The highest BCUT2D eigenvalue weighted by molar-refractivity contribution is 5.66. The van der Waals surface area contributed by atoms with Crippen molar-refractivity contribution in [1.29, 1.82) is 0 Å². The minimum absolute atomic E-state index is 0.121. The van der Waals surface area contributed by atoms with Crippen molar-refractivity contribution < 1.29 is 0 Å². The summed E-state index contributed by atoms with van der Waals surface area (Å²) in [4.78, 5) is 24.3. The zero-order valence-corrected chi connectivity index (χ0v) is 16.5. The molecule has 2 N–H and O–H groups in total. The lowest BCUT2D eigenvalue weighted by Crippen LogP contribution is -2.24. The molecule has 0 spiro atoms. The third-order valence-electron chi connectivity index (χ3n) is 5.65. The van der Waals surface area contributed by atoms with Gasteiger partial charge in [0.25, 0.3) is 5.56 Å². The van der Waals surface area contributed by atoms with Gasteiger partial charge >= 0.3 is 0 Å². The van der Waals surface area contributed by atoms with E-state index in [2.05, 4.69) is 20.0 Å². The fourth-order valence-corrected chi connectivity index (χ4v) is 4.09. The number of aryl methyl sites for hydroxylation is 2. The number of anilines is 1. The fourth-order valence-electron chi connectivity index (χ4n) is 4.09. The predicted octanol–water partition coefficient (Wildman–Crippen LogP) is 1.81. The van der Waals surface area contributed by atoms with Gasteiger partial charge in [-0.2, -0.15) is 5.10 Å². The number of nitrogens with zero attached hydrogens (tertiary/aromatic N) is 6. The van der Waals surface area contributed by atoms with Crippen LogP contribution in [0, 0.1) is 19.8 Å². The van der Waals surface area contributed by atoms with Crippen molar-refractivity contribution in [3.05, 3.63) is 58.4 Å². The minimum atomic E-state index is -0.121. The van der Waals surface area contributed by atoms with Crippen molar-refractivity contribution in [2.75, 3.05) is 24.5 Å². The Morgan fingerprint density at radius 3 is 2.79 bits per heavy atom. The monoisotopic (exact) mass is 389 g/mol. The Morgan fingerprint density at radius 2 is 2.00 bits per heavy atom. The van der Waals surface area contributed by atoms with E-state index in [1.54, 1.807) is 15.0 Å². The Balaban J connectivity index is 1.56. The van der Waals surface area contributed by atoms with Crippen molar-refractivity contribution in [1.82, 2.24) is 24.0 Å². The summed E-state index contributed by atoms with van der Waals surface area (Å²) in [5, 5.41) is 4.60. The van der Waals surface area contributed by atoms with Crippen LogP contribution in [0.15, 0.2) is 41.5 Å².